The van der Waals surface area contributed by atoms with Crippen LogP contribution in [0.2, 0.25) is 0 Å². The first-order chi connectivity index (χ1) is 5.88. The summed E-state index contributed by atoms with van der Waals surface area (Å²) in [5.41, 5.74) is 1.18. The van der Waals surface area contributed by atoms with E-state index in [4.69, 9.17) is 5.11 Å². The summed E-state index contributed by atoms with van der Waals surface area (Å²) < 4.78 is 0. The Labute approximate surface area is 117 Å². The van der Waals surface area contributed by atoms with Crippen molar-refractivity contribution in [1.82, 2.24) is 0 Å². The number of para-hydroxylation sites is 1. The van der Waals surface area contributed by atoms with Gasteiger partial charge in [-0.05, 0) is 19.1 Å². The quantitative estimate of drug-likeness (QED) is 0.567. The maximum Gasteiger partial charge on any atom is 2.00 e. The van der Waals surface area contributed by atoms with Gasteiger partial charge in [-0.2, -0.15) is 0 Å². The molecule has 5 heteroatoms. The van der Waals surface area contributed by atoms with Crippen LogP contribution in [-0.2, 0) is 19.5 Å². The van der Waals surface area contributed by atoms with E-state index in [9.17, 15) is 0 Å². The first-order valence-corrected chi connectivity index (χ1v) is 4.29. The van der Waals surface area contributed by atoms with E-state index < -0.39 is 0 Å². The topological polar surface area (TPSA) is 23.5 Å². The average molecular weight is 302 g/mol. The number of likely N-dealkylation sites (N-methyl/N-ethyl adjacent to an activating group) is 1. The minimum Gasteiger partial charge on any atom is -1.00 e. The van der Waals surface area contributed by atoms with Gasteiger partial charge in [0.05, 0.1) is 6.61 Å². The van der Waals surface area contributed by atoms with Crippen LogP contribution in [-0.4, -0.2) is 24.8 Å². The Morgan fingerprint density at radius 3 is 2.07 bits per heavy atom. The standard InChI is InChI=1S/C10H15NO.2ClH.Zn/c1-2-11(8-9-12)10-6-4-3-5-7-10;;;/h3-7,12H,2,8-9H2,1H3;2*1H;/q;;;+2/p-2. The third-order valence-electron chi connectivity index (χ3n) is 1.87. The van der Waals surface area contributed by atoms with E-state index in [1.807, 2.05) is 18.2 Å². The molecule has 0 bridgehead atoms. The Hall–Kier alpha value is 0.183. The minimum atomic E-state index is 0. The van der Waals surface area contributed by atoms with Gasteiger partial charge in [-0.3, -0.25) is 0 Å². The van der Waals surface area contributed by atoms with Crippen molar-refractivity contribution in [3.05, 3.63) is 30.3 Å². The number of aliphatic hydroxyl groups excluding tert-OH is 1. The molecular formula is C10H15Cl2NOZn. The summed E-state index contributed by atoms with van der Waals surface area (Å²) in [7, 11) is 0. The molecule has 1 rings (SSSR count). The summed E-state index contributed by atoms with van der Waals surface area (Å²) in [6, 6.07) is 10.1. The molecule has 15 heavy (non-hydrogen) atoms. The smallest absolute Gasteiger partial charge is 1.00 e. The van der Waals surface area contributed by atoms with Crippen LogP contribution in [0.15, 0.2) is 30.3 Å². The van der Waals surface area contributed by atoms with Crippen molar-refractivity contribution in [2.75, 3.05) is 24.6 Å². The van der Waals surface area contributed by atoms with Gasteiger partial charge in [0, 0.05) is 18.8 Å². The van der Waals surface area contributed by atoms with E-state index in [2.05, 4.69) is 24.0 Å². The molecule has 0 heterocycles. The van der Waals surface area contributed by atoms with Crippen LogP contribution in [0.5, 0.6) is 0 Å². The second-order valence-corrected chi connectivity index (χ2v) is 2.64. The molecule has 0 fully saturated rings. The van der Waals surface area contributed by atoms with E-state index in [1.165, 1.54) is 5.69 Å². The number of rotatable bonds is 4. The molecule has 0 aromatic heterocycles. The minimum absolute atomic E-state index is 0. The molecule has 1 N–H and O–H groups in total. The van der Waals surface area contributed by atoms with E-state index in [1.54, 1.807) is 0 Å². The number of hydrogen-bond donors (Lipinski definition) is 1. The zero-order chi connectivity index (χ0) is 8.81. The van der Waals surface area contributed by atoms with Crippen LogP contribution in [0.1, 0.15) is 6.92 Å². The molecule has 0 saturated heterocycles. The van der Waals surface area contributed by atoms with Gasteiger partial charge in [0.15, 0.2) is 0 Å². The molecule has 0 saturated carbocycles. The molecule has 0 unspecified atom stereocenters. The van der Waals surface area contributed by atoms with Gasteiger partial charge in [-0.1, -0.05) is 18.2 Å². The number of aliphatic hydroxyl groups is 1. The second kappa shape index (κ2) is 12.3. The molecular weight excluding hydrogens is 286 g/mol. The van der Waals surface area contributed by atoms with Gasteiger partial charge in [-0.15, -0.1) is 0 Å². The van der Waals surface area contributed by atoms with Crippen molar-refractivity contribution in [1.29, 1.82) is 0 Å². The van der Waals surface area contributed by atoms with Crippen LogP contribution in [0, 0.1) is 0 Å². The summed E-state index contributed by atoms with van der Waals surface area (Å²) in [4.78, 5) is 2.14. The Balaban J connectivity index is -0.000000480. The third-order valence-corrected chi connectivity index (χ3v) is 1.87. The number of halogens is 2. The van der Waals surface area contributed by atoms with E-state index in [0.29, 0.717) is 6.54 Å². The van der Waals surface area contributed by atoms with Crippen molar-refractivity contribution in [3.8, 4) is 0 Å². The summed E-state index contributed by atoms with van der Waals surface area (Å²) in [6.07, 6.45) is 0. The predicted molar refractivity (Wildman–Crippen MR) is 51.4 cm³/mol. The SMILES string of the molecule is CCN(CCO)c1ccccc1.[Cl-].[Cl-].[Zn+2]. The molecule has 0 amide bonds. The van der Waals surface area contributed by atoms with E-state index in [0.717, 1.165) is 6.54 Å². The predicted octanol–water partition coefficient (Wildman–Crippen LogP) is -4.49. The summed E-state index contributed by atoms with van der Waals surface area (Å²) in [5.74, 6) is 0. The fourth-order valence-electron chi connectivity index (χ4n) is 1.23. The van der Waals surface area contributed by atoms with Crippen molar-refractivity contribution in [2.45, 2.75) is 6.92 Å². The molecule has 2 nitrogen and oxygen atoms in total. The number of hydrogen-bond acceptors (Lipinski definition) is 2. The van der Waals surface area contributed by atoms with Gasteiger partial charge in [-0.25, -0.2) is 0 Å². The molecule has 82 valence electrons. The van der Waals surface area contributed by atoms with Crippen LogP contribution in [0.3, 0.4) is 0 Å². The molecule has 0 atom stereocenters. The molecule has 0 aliphatic carbocycles. The van der Waals surface area contributed by atoms with Crippen molar-refractivity contribution in [3.63, 3.8) is 0 Å². The average Bonchev–Trinajstić information content (AvgIpc) is 2.15. The molecule has 0 radical (unpaired) electrons. The molecule has 0 aliphatic rings. The van der Waals surface area contributed by atoms with Crippen molar-refractivity contribution in [2.24, 2.45) is 0 Å². The summed E-state index contributed by atoms with van der Waals surface area (Å²) >= 11 is 0. The first kappa shape index (κ1) is 20.6. The molecule has 1 aromatic carbocycles. The zero-order valence-electron chi connectivity index (χ0n) is 8.87. The summed E-state index contributed by atoms with van der Waals surface area (Å²) in [6.45, 7) is 3.94. The Morgan fingerprint density at radius 1 is 1.13 bits per heavy atom. The van der Waals surface area contributed by atoms with Gasteiger partial charge >= 0.3 is 19.5 Å². The largest absolute Gasteiger partial charge is 2.00 e. The van der Waals surface area contributed by atoms with Gasteiger partial charge < -0.3 is 34.8 Å². The van der Waals surface area contributed by atoms with E-state index in [-0.39, 0.29) is 50.9 Å². The summed E-state index contributed by atoms with van der Waals surface area (Å²) in [5, 5.41) is 8.79. The Bertz CT molecular complexity index is 224. The Morgan fingerprint density at radius 2 is 1.67 bits per heavy atom. The van der Waals surface area contributed by atoms with Crippen LogP contribution in [0.25, 0.3) is 0 Å². The third kappa shape index (κ3) is 7.13. The molecule has 0 aliphatic heterocycles. The monoisotopic (exact) mass is 299 g/mol. The first-order valence-electron chi connectivity index (χ1n) is 4.29. The van der Waals surface area contributed by atoms with Crippen LogP contribution >= 0.6 is 0 Å². The molecule has 0 spiro atoms. The maximum absolute atomic E-state index is 8.79. The van der Waals surface area contributed by atoms with E-state index >= 15 is 0 Å². The van der Waals surface area contributed by atoms with Crippen LogP contribution < -0.4 is 29.7 Å². The Kier molecular flexibility index (Phi) is 16.8. The van der Waals surface area contributed by atoms with Crippen LogP contribution in [0.4, 0.5) is 5.69 Å². The normalized spacial score (nSPS) is 7.87. The molecule has 1 aromatic rings. The zero-order valence-corrected chi connectivity index (χ0v) is 13.3. The number of benzene rings is 1. The number of anilines is 1. The second-order valence-electron chi connectivity index (χ2n) is 2.64. The van der Waals surface area contributed by atoms with Gasteiger partial charge in [0.1, 0.15) is 0 Å². The number of nitrogens with zero attached hydrogens (tertiary/aromatic N) is 1. The van der Waals surface area contributed by atoms with Crippen molar-refractivity contribution < 1.29 is 49.4 Å². The fraction of sp³-hybridized carbons (Fsp3) is 0.400. The maximum atomic E-state index is 8.79. The van der Waals surface area contributed by atoms with Crippen molar-refractivity contribution >= 4 is 5.69 Å². The van der Waals surface area contributed by atoms with Gasteiger partial charge in [0.2, 0.25) is 0 Å². The van der Waals surface area contributed by atoms with Gasteiger partial charge in [0.25, 0.3) is 0 Å². The fourth-order valence-corrected chi connectivity index (χ4v) is 1.23.